The van der Waals surface area contributed by atoms with Gasteiger partial charge < -0.3 is 9.52 Å². The molecule has 0 spiro atoms. The van der Waals surface area contributed by atoms with E-state index in [2.05, 4.69) is 101 Å². The van der Waals surface area contributed by atoms with E-state index in [1.807, 2.05) is 6.07 Å². The van der Waals surface area contributed by atoms with E-state index < -0.39 is 0 Å². The van der Waals surface area contributed by atoms with E-state index in [4.69, 9.17) is 14.5 Å². The molecule has 6 rings (SSSR count). The standard InChI is InChI=1S/C31H26NO.C5H8O2.Ir/c1-18-10-12-20-14-15-23-27-22-8-6-7-9-26(22)32-28(30(27)33-29(23)24(20)16-18)21-13-11-19(2)25(17-21)31(3,4)5;1-4(6)3-5(2)7;/h6-12,14-17H,1-5H3;3,6H,1-2H3;/q-1;;/b;4-3-;. The Morgan fingerprint density at radius 1 is 0.927 bits per heavy atom. The molecule has 4 nitrogen and oxygen atoms in total. The van der Waals surface area contributed by atoms with Crippen molar-refractivity contribution in [3.63, 3.8) is 0 Å². The molecule has 0 bridgehead atoms. The first kappa shape index (κ1) is 30.2. The van der Waals surface area contributed by atoms with Gasteiger partial charge in [0.05, 0.1) is 11.3 Å². The molecule has 0 fully saturated rings. The Morgan fingerprint density at radius 3 is 2.29 bits per heavy atom. The number of hydrogen-bond donors (Lipinski definition) is 1. The van der Waals surface area contributed by atoms with Crippen LogP contribution in [0.25, 0.3) is 54.9 Å². The van der Waals surface area contributed by atoms with Crippen molar-refractivity contribution in [1.29, 1.82) is 0 Å². The molecule has 2 aromatic heterocycles. The molecule has 0 atom stereocenters. The van der Waals surface area contributed by atoms with Crippen LogP contribution in [-0.2, 0) is 30.3 Å². The molecule has 41 heavy (non-hydrogen) atoms. The smallest absolute Gasteiger partial charge is 0.155 e. The molecular weight excluding hydrogens is 687 g/mol. The number of pyridine rings is 1. The van der Waals surface area contributed by atoms with Gasteiger partial charge in [-0.2, -0.15) is 0 Å². The van der Waals surface area contributed by atoms with Crippen molar-refractivity contribution in [1.82, 2.24) is 4.98 Å². The number of hydrogen-bond acceptors (Lipinski definition) is 4. The molecule has 6 aromatic rings. The first-order valence-corrected chi connectivity index (χ1v) is 13.5. The molecule has 1 radical (unpaired) electrons. The van der Waals surface area contributed by atoms with Gasteiger partial charge in [-0.25, -0.2) is 0 Å². The van der Waals surface area contributed by atoms with Crippen LogP contribution in [0.4, 0.5) is 0 Å². The maximum absolute atomic E-state index is 10.0. The number of fused-ring (bicyclic) bond motifs is 7. The number of aliphatic hydroxyl groups is 1. The molecule has 0 unspecified atom stereocenters. The van der Waals surface area contributed by atoms with Gasteiger partial charge in [0.1, 0.15) is 11.2 Å². The van der Waals surface area contributed by atoms with E-state index >= 15 is 0 Å². The minimum atomic E-state index is -0.125. The van der Waals surface area contributed by atoms with Gasteiger partial charge in [-0.05, 0) is 49.8 Å². The number of aryl methyl sites for hydroxylation is 2. The summed E-state index contributed by atoms with van der Waals surface area (Å²) in [5, 5.41) is 14.1. The van der Waals surface area contributed by atoms with Gasteiger partial charge in [0.25, 0.3) is 0 Å². The van der Waals surface area contributed by atoms with Crippen LogP contribution in [0.1, 0.15) is 51.3 Å². The molecule has 1 N–H and O–H groups in total. The third-order valence-electron chi connectivity index (χ3n) is 7.08. The van der Waals surface area contributed by atoms with Crippen LogP contribution in [0.15, 0.2) is 83.0 Å². The van der Waals surface area contributed by atoms with Gasteiger partial charge in [-0.3, -0.25) is 9.78 Å². The van der Waals surface area contributed by atoms with Crippen LogP contribution in [0.2, 0.25) is 0 Å². The fraction of sp³-hybridized carbons (Fsp3) is 0.222. The zero-order valence-electron chi connectivity index (χ0n) is 24.5. The molecular formula is C36H34IrNO3-. The Bertz CT molecular complexity index is 1950. The van der Waals surface area contributed by atoms with E-state index in [0.717, 1.165) is 49.5 Å². The van der Waals surface area contributed by atoms with Crippen molar-refractivity contribution in [2.24, 2.45) is 0 Å². The van der Waals surface area contributed by atoms with E-state index in [1.54, 1.807) is 0 Å². The molecule has 2 heterocycles. The maximum Gasteiger partial charge on any atom is 0.155 e. The second kappa shape index (κ2) is 11.6. The summed E-state index contributed by atoms with van der Waals surface area (Å²) < 4.78 is 6.69. The van der Waals surface area contributed by atoms with Crippen molar-refractivity contribution >= 4 is 49.4 Å². The van der Waals surface area contributed by atoms with E-state index in [0.29, 0.717) is 0 Å². The topological polar surface area (TPSA) is 63.3 Å². The van der Waals surface area contributed by atoms with Crippen molar-refractivity contribution < 1.29 is 34.4 Å². The first-order valence-electron chi connectivity index (χ1n) is 13.5. The predicted molar refractivity (Wildman–Crippen MR) is 166 cm³/mol. The minimum absolute atomic E-state index is 0. The number of aromatic nitrogens is 1. The molecule has 211 valence electrons. The SMILES string of the molecule is CC(=O)/C=C(/C)O.Cc1ccc2ccc3c(oc4c(-c5[c-]cc(C)c(C(C)(C)C)c5)nc5ccccc5c43)c2c1.[Ir]. The average molecular weight is 721 g/mol. The number of ketones is 1. The van der Waals surface area contributed by atoms with Crippen LogP contribution in [0.5, 0.6) is 0 Å². The normalized spacial score (nSPS) is 11.9. The Balaban J connectivity index is 0.000000434. The zero-order chi connectivity index (χ0) is 28.8. The number of rotatable bonds is 2. The second-order valence-electron chi connectivity index (χ2n) is 11.5. The van der Waals surface area contributed by atoms with Crippen LogP contribution in [0.3, 0.4) is 0 Å². The number of carbonyl (C=O) groups is 1. The third-order valence-corrected chi connectivity index (χ3v) is 7.08. The van der Waals surface area contributed by atoms with Crippen LogP contribution in [-0.4, -0.2) is 15.9 Å². The molecule has 0 aliphatic heterocycles. The summed E-state index contributed by atoms with van der Waals surface area (Å²) in [6.07, 6.45) is 1.17. The summed E-state index contributed by atoms with van der Waals surface area (Å²) in [6.45, 7) is 13.9. The summed E-state index contributed by atoms with van der Waals surface area (Å²) in [4.78, 5) is 15.1. The predicted octanol–water partition coefficient (Wildman–Crippen LogP) is 9.70. The van der Waals surface area contributed by atoms with Gasteiger partial charge in [0.2, 0.25) is 0 Å². The van der Waals surface area contributed by atoms with Crippen LogP contribution >= 0.6 is 0 Å². The molecule has 4 aromatic carbocycles. The molecule has 0 aliphatic carbocycles. The van der Waals surface area contributed by atoms with Crippen molar-refractivity contribution in [3.05, 3.63) is 101 Å². The number of aliphatic hydroxyl groups excluding tert-OH is 1. The van der Waals surface area contributed by atoms with Crippen LogP contribution < -0.4 is 0 Å². The van der Waals surface area contributed by atoms with E-state index in [1.165, 1.54) is 42.0 Å². The molecule has 0 saturated carbocycles. The maximum atomic E-state index is 10.0. The fourth-order valence-corrected chi connectivity index (χ4v) is 5.36. The largest absolute Gasteiger partial charge is 0.512 e. The van der Waals surface area contributed by atoms with Gasteiger partial charge in [-0.1, -0.05) is 69.7 Å². The summed E-state index contributed by atoms with van der Waals surface area (Å²) in [5.74, 6) is -0.0625. The third kappa shape index (κ3) is 5.98. The summed E-state index contributed by atoms with van der Waals surface area (Å²) in [6, 6.07) is 27.1. The van der Waals surface area contributed by atoms with Gasteiger partial charge in [0.15, 0.2) is 5.78 Å². The summed E-state index contributed by atoms with van der Waals surface area (Å²) in [7, 11) is 0. The quantitative estimate of drug-likeness (QED) is 0.110. The van der Waals surface area contributed by atoms with Gasteiger partial charge >= 0.3 is 0 Å². The number of carbonyl (C=O) groups excluding carboxylic acids is 1. The number of furan rings is 1. The zero-order valence-corrected chi connectivity index (χ0v) is 26.9. The van der Waals surface area contributed by atoms with E-state index in [9.17, 15) is 4.79 Å². The monoisotopic (exact) mass is 721 g/mol. The molecule has 5 heteroatoms. The molecule has 0 saturated heterocycles. The van der Waals surface area contributed by atoms with Gasteiger partial charge in [-0.15, -0.1) is 34.9 Å². The number of allylic oxidation sites excluding steroid dienone is 2. The average Bonchev–Trinajstić information content (AvgIpc) is 3.28. The minimum Gasteiger partial charge on any atom is -0.512 e. The first-order chi connectivity index (χ1) is 18.9. The molecule has 0 amide bonds. The fourth-order valence-electron chi connectivity index (χ4n) is 5.36. The van der Waals surface area contributed by atoms with Crippen molar-refractivity contribution in [2.45, 2.75) is 53.9 Å². The number of nitrogens with zero attached hydrogens (tertiary/aromatic N) is 1. The summed E-state index contributed by atoms with van der Waals surface area (Å²) >= 11 is 0. The van der Waals surface area contributed by atoms with Crippen LogP contribution in [0, 0.1) is 19.9 Å². The number of benzene rings is 4. The Kier molecular flexibility index (Phi) is 8.54. The Morgan fingerprint density at radius 2 is 1.63 bits per heavy atom. The van der Waals surface area contributed by atoms with Crippen molar-refractivity contribution in [2.75, 3.05) is 0 Å². The molecule has 0 aliphatic rings. The second-order valence-corrected chi connectivity index (χ2v) is 11.5. The van der Waals surface area contributed by atoms with Gasteiger partial charge in [0, 0.05) is 53.4 Å². The Labute approximate surface area is 254 Å². The summed E-state index contributed by atoms with van der Waals surface area (Å²) in [5.41, 5.74) is 8.36. The Hall–Kier alpha value is -3.79. The number of para-hydroxylation sites is 1. The van der Waals surface area contributed by atoms with Crippen molar-refractivity contribution in [3.8, 4) is 11.3 Å². The van der Waals surface area contributed by atoms with E-state index in [-0.39, 0.29) is 37.1 Å².